The van der Waals surface area contributed by atoms with Crippen LogP contribution in [0.4, 0.5) is 0 Å². The van der Waals surface area contributed by atoms with Gasteiger partial charge in [0.25, 0.3) is 0 Å². The molecule has 0 fully saturated rings. The van der Waals surface area contributed by atoms with Crippen molar-refractivity contribution in [1.82, 2.24) is 4.98 Å². The van der Waals surface area contributed by atoms with Crippen molar-refractivity contribution in [2.24, 2.45) is 0 Å². The number of thiazole rings is 1. The molecule has 0 spiro atoms. The minimum absolute atomic E-state index is 1.01. The molecule has 25 heavy (non-hydrogen) atoms. The molecule has 0 radical (unpaired) electrons. The first-order valence-corrected chi connectivity index (χ1v) is 9.38. The highest BCUT2D eigenvalue weighted by molar-refractivity contribution is 7.21. The van der Waals surface area contributed by atoms with Crippen LogP contribution < -0.4 is 0 Å². The summed E-state index contributed by atoms with van der Waals surface area (Å²) in [5, 5.41) is 1.09. The zero-order valence-electron chi connectivity index (χ0n) is 14.1. The molecular formula is C23H19NS. The van der Waals surface area contributed by atoms with E-state index in [9.17, 15) is 0 Å². The van der Waals surface area contributed by atoms with E-state index in [0.29, 0.717) is 0 Å². The normalized spacial score (nSPS) is 11.4. The number of hydrogen-bond donors (Lipinski definition) is 0. The molecule has 0 saturated heterocycles. The average molecular weight is 341 g/mol. The van der Waals surface area contributed by atoms with Crippen LogP contribution >= 0.6 is 11.3 Å². The Morgan fingerprint density at radius 1 is 0.840 bits per heavy atom. The molecule has 0 saturated carbocycles. The number of fused-ring (bicyclic) bond motifs is 1. The average Bonchev–Trinajstić information content (AvgIpc) is 3.11. The highest BCUT2D eigenvalue weighted by Gasteiger charge is 2.11. The van der Waals surface area contributed by atoms with Crippen LogP contribution in [0.5, 0.6) is 0 Å². The van der Waals surface area contributed by atoms with Gasteiger partial charge in [0.2, 0.25) is 0 Å². The summed E-state index contributed by atoms with van der Waals surface area (Å²) in [7, 11) is 0. The van der Waals surface area contributed by atoms with Gasteiger partial charge in [-0.25, -0.2) is 4.98 Å². The maximum Gasteiger partial charge on any atom is 0.125 e. The molecule has 0 unspecified atom stereocenters. The summed E-state index contributed by atoms with van der Waals surface area (Å²) in [5.74, 6) is 0. The fourth-order valence-electron chi connectivity index (χ4n) is 3.04. The van der Waals surface area contributed by atoms with Crippen molar-refractivity contribution in [2.75, 3.05) is 0 Å². The van der Waals surface area contributed by atoms with Crippen molar-refractivity contribution in [2.45, 2.75) is 13.3 Å². The van der Waals surface area contributed by atoms with Crippen molar-refractivity contribution in [3.05, 3.63) is 89.5 Å². The number of rotatable bonds is 4. The van der Waals surface area contributed by atoms with Crippen LogP contribution in [0.25, 0.3) is 32.9 Å². The van der Waals surface area contributed by atoms with Crippen LogP contribution in [0.2, 0.25) is 0 Å². The van der Waals surface area contributed by atoms with E-state index in [4.69, 9.17) is 4.98 Å². The van der Waals surface area contributed by atoms with Crippen LogP contribution in [0.15, 0.2) is 72.8 Å². The number of nitrogens with zero attached hydrogens (tertiary/aromatic N) is 1. The fraction of sp³-hybridized carbons (Fsp3) is 0.0870. The van der Waals surface area contributed by atoms with E-state index < -0.39 is 0 Å². The monoisotopic (exact) mass is 341 g/mol. The van der Waals surface area contributed by atoms with Gasteiger partial charge in [0.05, 0.1) is 10.2 Å². The molecule has 0 bridgehead atoms. The van der Waals surface area contributed by atoms with Gasteiger partial charge in [-0.15, -0.1) is 11.3 Å². The van der Waals surface area contributed by atoms with Crippen LogP contribution in [0.3, 0.4) is 0 Å². The lowest BCUT2D eigenvalue weighted by Crippen LogP contribution is -1.90. The molecule has 2 heteroatoms. The number of para-hydroxylation sites is 1. The molecule has 4 rings (SSSR count). The Morgan fingerprint density at radius 3 is 2.44 bits per heavy atom. The first-order chi connectivity index (χ1) is 12.3. The highest BCUT2D eigenvalue weighted by Crippen LogP contribution is 2.34. The zero-order valence-corrected chi connectivity index (χ0v) is 15.0. The predicted octanol–water partition coefficient (Wildman–Crippen LogP) is 6.70. The van der Waals surface area contributed by atoms with Gasteiger partial charge in [-0.3, -0.25) is 0 Å². The van der Waals surface area contributed by atoms with Crippen molar-refractivity contribution in [1.29, 1.82) is 0 Å². The number of benzene rings is 3. The number of aromatic nitrogens is 1. The van der Waals surface area contributed by atoms with Crippen LogP contribution in [0.1, 0.15) is 23.6 Å². The molecule has 4 aromatic rings. The van der Waals surface area contributed by atoms with E-state index in [1.54, 1.807) is 11.3 Å². The smallest absolute Gasteiger partial charge is 0.125 e. The second-order valence-electron chi connectivity index (χ2n) is 5.96. The van der Waals surface area contributed by atoms with Crippen LogP contribution in [-0.4, -0.2) is 4.98 Å². The summed E-state index contributed by atoms with van der Waals surface area (Å²) in [4.78, 5) is 4.86. The van der Waals surface area contributed by atoms with Gasteiger partial charge in [0, 0.05) is 5.56 Å². The van der Waals surface area contributed by atoms with Crippen LogP contribution in [-0.2, 0) is 6.42 Å². The van der Waals surface area contributed by atoms with Crippen LogP contribution in [0, 0.1) is 0 Å². The summed E-state index contributed by atoms with van der Waals surface area (Å²) in [5.41, 5.74) is 6.12. The van der Waals surface area contributed by atoms with Gasteiger partial charge >= 0.3 is 0 Å². The highest BCUT2D eigenvalue weighted by atomic mass is 32.1. The Balaban J connectivity index is 1.83. The van der Waals surface area contributed by atoms with Crippen molar-refractivity contribution >= 4 is 33.7 Å². The lowest BCUT2D eigenvalue weighted by molar-refractivity contribution is 1.13. The van der Waals surface area contributed by atoms with E-state index in [2.05, 4.69) is 79.7 Å². The maximum atomic E-state index is 4.86. The lowest BCUT2D eigenvalue weighted by Gasteiger charge is -2.09. The molecule has 122 valence electrons. The van der Waals surface area contributed by atoms with E-state index in [-0.39, 0.29) is 0 Å². The van der Waals surface area contributed by atoms with Gasteiger partial charge < -0.3 is 0 Å². The fourth-order valence-corrected chi connectivity index (χ4v) is 4.04. The van der Waals surface area contributed by atoms with Gasteiger partial charge in [0.1, 0.15) is 5.01 Å². The van der Waals surface area contributed by atoms with Gasteiger partial charge in [-0.05, 0) is 35.2 Å². The first-order valence-electron chi connectivity index (χ1n) is 8.56. The molecule has 0 aliphatic heterocycles. The standard InChI is InChI=1S/C23H19NS/c1-2-18-11-8-12-20(19(18)16-15-17-9-4-3-5-10-17)23-24-21-13-6-7-14-22(21)25-23/h3-16H,2H2,1H3. The Morgan fingerprint density at radius 2 is 1.64 bits per heavy atom. The maximum absolute atomic E-state index is 4.86. The number of hydrogen-bond acceptors (Lipinski definition) is 2. The third-order valence-corrected chi connectivity index (χ3v) is 5.41. The quantitative estimate of drug-likeness (QED) is 0.376. The molecule has 0 atom stereocenters. The summed E-state index contributed by atoms with van der Waals surface area (Å²) in [6.45, 7) is 2.21. The molecule has 0 amide bonds. The largest absolute Gasteiger partial charge is 0.236 e. The Kier molecular flexibility index (Phi) is 4.45. The molecule has 0 aliphatic rings. The minimum Gasteiger partial charge on any atom is -0.236 e. The van der Waals surface area contributed by atoms with Gasteiger partial charge in [0.15, 0.2) is 0 Å². The third kappa shape index (κ3) is 3.26. The topological polar surface area (TPSA) is 12.9 Å². The lowest BCUT2D eigenvalue weighted by atomic mass is 9.98. The van der Waals surface area contributed by atoms with E-state index in [1.165, 1.54) is 27.0 Å². The van der Waals surface area contributed by atoms with Crippen molar-refractivity contribution < 1.29 is 0 Å². The number of aryl methyl sites for hydroxylation is 1. The second-order valence-corrected chi connectivity index (χ2v) is 6.99. The van der Waals surface area contributed by atoms with E-state index >= 15 is 0 Å². The molecule has 1 aromatic heterocycles. The molecule has 3 aromatic carbocycles. The molecule has 0 aliphatic carbocycles. The molecule has 0 N–H and O–H groups in total. The predicted molar refractivity (Wildman–Crippen MR) is 110 cm³/mol. The summed E-state index contributed by atoms with van der Waals surface area (Å²) in [6, 6.07) is 25.3. The molecular weight excluding hydrogens is 322 g/mol. The SMILES string of the molecule is CCc1cccc(-c2nc3ccccc3s2)c1C=Cc1ccccc1. The molecule has 1 heterocycles. The Hall–Kier alpha value is -2.71. The van der Waals surface area contributed by atoms with E-state index in [0.717, 1.165) is 16.9 Å². The summed E-state index contributed by atoms with van der Waals surface area (Å²) < 4.78 is 1.23. The van der Waals surface area contributed by atoms with Gasteiger partial charge in [-0.2, -0.15) is 0 Å². The van der Waals surface area contributed by atoms with Crippen molar-refractivity contribution in [3.63, 3.8) is 0 Å². The minimum atomic E-state index is 1.01. The Bertz CT molecular complexity index is 995. The Labute approximate surface area is 152 Å². The first kappa shape index (κ1) is 15.8. The third-order valence-electron chi connectivity index (χ3n) is 4.34. The van der Waals surface area contributed by atoms with Crippen molar-refractivity contribution in [3.8, 4) is 10.6 Å². The van der Waals surface area contributed by atoms with Gasteiger partial charge in [-0.1, -0.05) is 79.7 Å². The summed E-state index contributed by atoms with van der Waals surface area (Å²) >= 11 is 1.76. The summed E-state index contributed by atoms with van der Waals surface area (Å²) in [6.07, 6.45) is 5.42. The molecule has 1 nitrogen and oxygen atoms in total. The van der Waals surface area contributed by atoms with E-state index in [1.807, 2.05) is 12.1 Å². The zero-order chi connectivity index (χ0) is 17.1. The second kappa shape index (κ2) is 7.04.